The summed E-state index contributed by atoms with van der Waals surface area (Å²) in [5, 5.41) is 0. The third-order valence-corrected chi connectivity index (χ3v) is 3.49. The first-order valence-corrected chi connectivity index (χ1v) is 7.10. The fraction of sp³-hybridized carbons (Fsp3) is 1.00. The van der Waals surface area contributed by atoms with E-state index in [1.807, 2.05) is 34.8 Å². The fourth-order valence-electron chi connectivity index (χ4n) is 2.00. The Morgan fingerprint density at radius 2 is 1.53 bits per heavy atom. The van der Waals surface area contributed by atoms with E-state index in [0.717, 1.165) is 26.1 Å². The van der Waals surface area contributed by atoms with Gasteiger partial charge in [0, 0.05) is 20.2 Å². The smallest absolute Gasteiger partial charge is 0.0675 e. The van der Waals surface area contributed by atoms with E-state index in [1.54, 1.807) is 0 Å². The highest BCUT2D eigenvalue weighted by molar-refractivity contribution is 4.88. The molecular formula is C14H31NO2. The zero-order chi connectivity index (χ0) is 13.3. The zero-order valence-electron chi connectivity index (χ0n) is 12.6. The first kappa shape index (κ1) is 16.9. The first-order valence-electron chi connectivity index (χ1n) is 7.10. The lowest BCUT2D eigenvalue weighted by Gasteiger charge is -2.44. The van der Waals surface area contributed by atoms with Gasteiger partial charge in [-0.15, -0.1) is 0 Å². The summed E-state index contributed by atoms with van der Waals surface area (Å²) in [4.78, 5) is 2.53. The molecule has 2 aliphatic heterocycles. The van der Waals surface area contributed by atoms with Gasteiger partial charge < -0.3 is 9.47 Å². The lowest BCUT2D eigenvalue weighted by atomic mass is 9.92. The minimum absolute atomic E-state index is 0.126. The van der Waals surface area contributed by atoms with Crippen molar-refractivity contribution in [1.29, 1.82) is 0 Å². The summed E-state index contributed by atoms with van der Waals surface area (Å²) < 4.78 is 10.7. The predicted octanol–water partition coefficient (Wildman–Crippen LogP) is 2.94. The molecule has 0 aromatic heterocycles. The van der Waals surface area contributed by atoms with E-state index in [-0.39, 0.29) is 5.60 Å². The molecule has 3 nitrogen and oxygen atoms in total. The summed E-state index contributed by atoms with van der Waals surface area (Å²) in [7, 11) is 1.82. The maximum atomic E-state index is 5.50. The predicted molar refractivity (Wildman–Crippen MR) is 73.5 cm³/mol. The number of ether oxygens (including phenoxy) is 2. The second-order valence-electron chi connectivity index (χ2n) is 4.38. The van der Waals surface area contributed by atoms with Gasteiger partial charge in [0.1, 0.15) is 0 Å². The average molecular weight is 245 g/mol. The van der Waals surface area contributed by atoms with E-state index in [0.29, 0.717) is 6.04 Å². The fourth-order valence-corrected chi connectivity index (χ4v) is 2.00. The molecule has 104 valence electrons. The molecule has 0 unspecified atom stereocenters. The van der Waals surface area contributed by atoms with Gasteiger partial charge in [-0.25, -0.2) is 0 Å². The van der Waals surface area contributed by atoms with E-state index < -0.39 is 0 Å². The molecule has 0 saturated carbocycles. The third kappa shape index (κ3) is 4.94. The van der Waals surface area contributed by atoms with Gasteiger partial charge in [0.15, 0.2) is 0 Å². The second kappa shape index (κ2) is 8.90. The largest absolute Gasteiger partial charge is 0.378 e. The van der Waals surface area contributed by atoms with Crippen LogP contribution in [0.3, 0.4) is 0 Å². The van der Waals surface area contributed by atoms with Crippen LogP contribution in [0.2, 0.25) is 0 Å². The molecule has 2 rings (SSSR count). The van der Waals surface area contributed by atoms with Crippen LogP contribution < -0.4 is 0 Å². The molecule has 2 fully saturated rings. The summed E-state index contributed by atoms with van der Waals surface area (Å²) in [5.41, 5.74) is 0.126. The minimum atomic E-state index is 0.126. The minimum Gasteiger partial charge on any atom is -0.378 e. The van der Waals surface area contributed by atoms with Crippen molar-refractivity contribution < 1.29 is 9.47 Å². The SMILES string of the molecule is CC.CC.COC1(C)CCN(C2COC2)CC1. The van der Waals surface area contributed by atoms with E-state index in [4.69, 9.17) is 9.47 Å². The van der Waals surface area contributed by atoms with Gasteiger partial charge in [-0.3, -0.25) is 4.90 Å². The molecule has 17 heavy (non-hydrogen) atoms. The summed E-state index contributed by atoms with van der Waals surface area (Å²) in [5.74, 6) is 0. The molecule has 0 atom stereocenters. The van der Waals surface area contributed by atoms with Crippen molar-refractivity contribution >= 4 is 0 Å². The topological polar surface area (TPSA) is 21.7 Å². The Hall–Kier alpha value is -0.120. The summed E-state index contributed by atoms with van der Waals surface area (Å²) in [6.45, 7) is 14.4. The molecule has 2 heterocycles. The standard InChI is InChI=1S/C10H19NO2.2C2H6/c1-10(12-2)3-5-11(6-4-10)9-7-13-8-9;2*1-2/h9H,3-8H2,1-2H3;2*1-2H3. The van der Waals surface area contributed by atoms with Crippen molar-refractivity contribution in [2.24, 2.45) is 0 Å². The maximum Gasteiger partial charge on any atom is 0.0675 e. The van der Waals surface area contributed by atoms with Crippen molar-refractivity contribution in [2.75, 3.05) is 33.4 Å². The number of hydrogen-bond acceptors (Lipinski definition) is 3. The van der Waals surface area contributed by atoms with Crippen LogP contribution in [0.5, 0.6) is 0 Å². The van der Waals surface area contributed by atoms with Crippen LogP contribution in [-0.2, 0) is 9.47 Å². The van der Waals surface area contributed by atoms with Crippen LogP contribution in [0.4, 0.5) is 0 Å². The van der Waals surface area contributed by atoms with E-state index in [2.05, 4.69) is 11.8 Å². The average Bonchev–Trinajstić information content (AvgIpc) is 2.35. The Balaban J connectivity index is 0.000000581. The van der Waals surface area contributed by atoms with Gasteiger partial charge in [-0.2, -0.15) is 0 Å². The van der Waals surface area contributed by atoms with Crippen molar-refractivity contribution in [3.05, 3.63) is 0 Å². The molecule has 0 bridgehead atoms. The van der Waals surface area contributed by atoms with E-state index >= 15 is 0 Å². The Labute approximate surface area is 107 Å². The van der Waals surface area contributed by atoms with Gasteiger partial charge >= 0.3 is 0 Å². The molecule has 2 aliphatic rings. The second-order valence-corrected chi connectivity index (χ2v) is 4.38. The highest BCUT2D eigenvalue weighted by Crippen LogP contribution is 2.27. The van der Waals surface area contributed by atoms with Gasteiger partial charge in [0.25, 0.3) is 0 Å². The summed E-state index contributed by atoms with van der Waals surface area (Å²) in [6.07, 6.45) is 2.31. The molecule has 2 saturated heterocycles. The van der Waals surface area contributed by atoms with Crippen LogP contribution in [-0.4, -0.2) is 50.0 Å². The van der Waals surface area contributed by atoms with Crippen molar-refractivity contribution in [3.8, 4) is 0 Å². The molecular weight excluding hydrogens is 214 g/mol. The lowest BCUT2D eigenvalue weighted by Crippen LogP contribution is -2.54. The molecule has 0 spiro atoms. The molecule has 0 radical (unpaired) electrons. The first-order chi connectivity index (χ1) is 8.23. The highest BCUT2D eigenvalue weighted by Gasteiger charge is 2.34. The maximum absolute atomic E-state index is 5.50. The van der Waals surface area contributed by atoms with Gasteiger partial charge in [0.2, 0.25) is 0 Å². The molecule has 0 N–H and O–H groups in total. The summed E-state index contributed by atoms with van der Waals surface area (Å²) >= 11 is 0. The van der Waals surface area contributed by atoms with Crippen LogP contribution in [0, 0.1) is 0 Å². The molecule has 0 amide bonds. The Kier molecular flexibility index (Phi) is 8.83. The van der Waals surface area contributed by atoms with Crippen molar-refractivity contribution in [2.45, 2.75) is 59.1 Å². The number of hydrogen-bond donors (Lipinski definition) is 0. The monoisotopic (exact) mass is 245 g/mol. The Morgan fingerprint density at radius 3 is 1.82 bits per heavy atom. The normalized spacial score (nSPS) is 23.6. The van der Waals surface area contributed by atoms with Crippen molar-refractivity contribution in [3.63, 3.8) is 0 Å². The highest BCUT2D eigenvalue weighted by atomic mass is 16.5. The third-order valence-electron chi connectivity index (χ3n) is 3.49. The summed E-state index contributed by atoms with van der Waals surface area (Å²) in [6, 6.07) is 0.696. The zero-order valence-corrected chi connectivity index (χ0v) is 12.6. The Bertz CT molecular complexity index is 173. The van der Waals surface area contributed by atoms with Gasteiger partial charge in [-0.05, 0) is 19.8 Å². The molecule has 0 aliphatic carbocycles. The lowest BCUT2D eigenvalue weighted by molar-refractivity contribution is -0.104. The number of rotatable bonds is 2. The number of nitrogens with zero attached hydrogens (tertiary/aromatic N) is 1. The van der Waals surface area contributed by atoms with E-state index in [1.165, 1.54) is 13.1 Å². The van der Waals surface area contributed by atoms with Crippen molar-refractivity contribution in [1.82, 2.24) is 4.90 Å². The van der Waals surface area contributed by atoms with E-state index in [9.17, 15) is 0 Å². The van der Waals surface area contributed by atoms with Crippen LogP contribution in [0.25, 0.3) is 0 Å². The number of piperidine rings is 1. The van der Waals surface area contributed by atoms with Crippen LogP contribution in [0.1, 0.15) is 47.5 Å². The number of likely N-dealkylation sites (tertiary alicyclic amines) is 1. The van der Waals surface area contributed by atoms with Crippen LogP contribution in [0.15, 0.2) is 0 Å². The Morgan fingerprint density at radius 1 is 1.06 bits per heavy atom. The van der Waals surface area contributed by atoms with Gasteiger partial charge in [-0.1, -0.05) is 27.7 Å². The number of methoxy groups -OCH3 is 1. The molecule has 0 aromatic rings. The molecule has 3 heteroatoms. The van der Waals surface area contributed by atoms with Gasteiger partial charge in [0.05, 0.1) is 24.9 Å². The quantitative estimate of drug-likeness (QED) is 0.746. The molecule has 0 aromatic carbocycles. The van der Waals surface area contributed by atoms with Crippen LogP contribution >= 0.6 is 0 Å².